The molecule has 2 heterocycles. The number of aromatic nitrogens is 5. The van der Waals surface area contributed by atoms with Gasteiger partial charge in [0.2, 0.25) is 11.0 Å². The van der Waals surface area contributed by atoms with Crippen molar-refractivity contribution in [1.29, 1.82) is 0 Å². The van der Waals surface area contributed by atoms with Gasteiger partial charge >= 0.3 is 0 Å². The lowest BCUT2D eigenvalue weighted by atomic mass is 10.2. The zero-order valence-electron chi connectivity index (χ0n) is 17.5. The minimum Gasteiger partial charge on any atom is -0.482 e. The Balaban J connectivity index is 1.67. The Hall–Kier alpha value is -2.43. The SMILES string of the molecule is C=CCn1c(SCC(=O)Nc2nnc(CC)s2)nnc1C(C)Oc1ccc(Cl)cc1C. The van der Waals surface area contributed by atoms with Crippen LogP contribution in [0.2, 0.25) is 5.02 Å². The van der Waals surface area contributed by atoms with Crippen molar-refractivity contribution >= 4 is 45.7 Å². The van der Waals surface area contributed by atoms with Gasteiger partial charge in [-0.05, 0) is 44.0 Å². The Labute approximate surface area is 194 Å². The fourth-order valence-corrected chi connectivity index (χ4v) is 4.41. The lowest BCUT2D eigenvalue weighted by molar-refractivity contribution is -0.113. The maximum absolute atomic E-state index is 12.3. The minimum atomic E-state index is -0.357. The molecule has 3 rings (SSSR count). The van der Waals surface area contributed by atoms with E-state index in [4.69, 9.17) is 16.3 Å². The van der Waals surface area contributed by atoms with E-state index in [2.05, 4.69) is 32.3 Å². The number of benzene rings is 1. The second-order valence-electron chi connectivity index (χ2n) is 6.60. The first-order valence-electron chi connectivity index (χ1n) is 9.63. The monoisotopic (exact) mass is 478 g/mol. The van der Waals surface area contributed by atoms with Crippen LogP contribution in [-0.4, -0.2) is 36.6 Å². The van der Waals surface area contributed by atoms with Crippen LogP contribution in [0.5, 0.6) is 5.75 Å². The van der Waals surface area contributed by atoms with Crippen molar-refractivity contribution in [3.8, 4) is 5.75 Å². The number of allylic oxidation sites excluding steroid dienone is 1. The average molecular weight is 479 g/mol. The molecule has 8 nitrogen and oxygen atoms in total. The molecule has 31 heavy (non-hydrogen) atoms. The van der Waals surface area contributed by atoms with Gasteiger partial charge in [0, 0.05) is 11.6 Å². The van der Waals surface area contributed by atoms with Crippen LogP contribution in [-0.2, 0) is 17.8 Å². The number of carbonyl (C=O) groups excluding carboxylic acids is 1. The molecule has 0 bridgehead atoms. The number of carbonyl (C=O) groups is 1. The summed E-state index contributed by atoms with van der Waals surface area (Å²) in [5.41, 5.74) is 0.934. The molecule has 11 heteroatoms. The summed E-state index contributed by atoms with van der Waals surface area (Å²) in [6.07, 6.45) is 2.18. The number of hydrogen-bond acceptors (Lipinski definition) is 8. The van der Waals surface area contributed by atoms with E-state index in [0.29, 0.717) is 27.7 Å². The van der Waals surface area contributed by atoms with E-state index in [-0.39, 0.29) is 17.8 Å². The number of nitrogens with one attached hydrogen (secondary N) is 1. The van der Waals surface area contributed by atoms with Gasteiger partial charge in [0.25, 0.3) is 0 Å². The van der Waals surface area contributed by atoms with Crippen LogP contribution in [0.25, 0.3) is 0 Å². The molecule has 1 amide bonds. The van der Waals surface area contributed by atoms with Crippen molar-refractivity contribution in [2.24, 2.45) is 0 Å². The third-order valence-corrected chi connectivity index (χ3v) is 6.39. The minimum absolute atomic E-state index is 0.168. The van der Waals surface area contributed by atoms with Gasteiger partial charge in [-0.1, -0.05) is 47.7 Å². The number of anilines is 1. The number of amides is 1. The number of hydrogen-bond donors (Lipinski definition) is 1. The highest BCUT2D eigenvalue weighted by molar-refractivity contribution is 7.99. The summed E-state index contributed by atoms with van der Waals surface area (Å²) in [4.78, 5) is 12.3. The zero-order chi connectivity index (χ0) is 22.4. The van der Waals surface area contributed by atoms with Crippen molar-refractivity contribution in [2.75, 3.05) is 11.1 Å². The third-order valence-electron chi connectivity index (χ3n) is 4.21. The molecule has 3 aromatic rings. The predicted octanol–water partition coefficient (Wildman–Crippen LogP) is 4.71. The standard InChI is InChI=1S/C20H23ClN6O2S2/c1-5-9-27-18(13(4)29-15-8-7-14(21)10-12(15)3)24-26-20(27)30-11-16(28)22-19-25-23-17(6-2)31-19/h5,7-8,10,13H,1,6,9,11H2,2-4H3,(H,22,25,28). The first kappa shape index (κ1) is 23.2. The van der Waals surface area contributed by atoms with Crippen LogP contribution in [0.3, 0.4) is 0 Å². The number of aryl methyl sites for hydroxylation is 2. The second kappa shape index (κ2) is 10.7. The normalized spacial score (nSPS) is 11.9. The predicted molar refractivity (Wildman–Crippen MR) is 124 cm³/mol. The number of thioether (sulfide) groups is 1. The number of halogens is 1. The maximum Gasteiger partial charge on any atom is 0.236 e. The van der Waals surface area contributed by atoms with Crippen LogP contribution >= 0.6 is 34.7 Å². The molecule has 0 aliphatic rings. The van der Waals surface area contributed by atoms with Crippen molar-refractivity contribution in [1.82, 2.24) is 25.0 Å². The molecular formula is C20H23ClN6O2S2. The fourth-order valence-electron chi connectivity index (χ4n) is 2.73. The highest BCUT2D eigenvalue weighted by Gasteiger charge is 2.20. The summed E-state index contributed by atoms with van der Waals surface area (Å²) in [7, 11) is 0. The number of nitrogens with zero attached hydrogens (tertiary/aromatic N) is 5. The Kier molecular flexibility index (Phi) is 8.05. The molecule has 0 aliphatic carbocycles. The molecule has 1 aromatic carbocycles. The van der Waals surface area contributed by atoms with Gasteiger partial charge in [-0.3, -0.25) is 14.7 Å². The van der Waals surface area contributed by atoms with Gasteiger partial charge in [0.1, 0.15) is 10.8 Å². The van der Waals surface area contributed by atoms with Crippen LogP contribution in [0, 0.1) is 6.92 Å². The topological polar surface area (TPSA) is 94.8 Å². The Morgan fingerprint density at radius 3 is 2.87 bits per heavy atom. The van der Waals surface area contributed by atoms with Crippen LogP contribution < -0.4 is 10.1 Å². The Bertz CT molecular complexity index is 1070. The molecule has 0 saturated heterocycles. The van der Waals surface area contributed by atoms with Crippen molar-refractivity contribution in [3.05, 3.63) is 52.3 Å². The summed E-state index contributed by atoms with van der Waals surface area (Å²) in [5.74, 6) is 1.36. The second-order valence-corrected chi connectivity index (χ2v) is 9.04. The Morgan fingerprint density at radius 2 is 2.19 bits per heavy atom. The zero-order valence-corrected chi connectivity index (χ0v) is 19.9. The van der Waals surface area contributed by atoms with Crippen molar-refractivity contribution in [2.45, 2.75) is 45.0 Å². The van der Waals surface area contributed by atoms with E-state index >= 15 is 0 Å². The van der Waals surface area contributed by atoms with Gasteiger partial charge in [-0.25, -0.2) is 0 Å². The highest BCUT2D eigenvalue weighted by atomic mass is 35.5. The van der Waals surface area contributed by atoms with Gasteiger partial charge in [0.05, 0.1) is 5.75 Å². The summed E-state index contributed by atoms with van der Waals surface area (Å²) in [6, 6.07) is 5.46. The molecule has 1 N–H and O–H groups in total. The van der Waals surface area contributed by atoms with Crippen LogP contribution in [0.1, 0.15) is 36.3 Å². The van der Waals surface area contributed by atoms with E-state index in [9.17, 15) is 4.79 Å². The molecule has 2 aromatic heterocycles. The van der Waals surface area contributed by atoms with E-state index in [0.717, 1.165) is 22.7 Å². The summed E-state index contributed by atoms with van der Waals surface area (Å²) < 4.78 is 7.98. The van der Waals surface area contributed by atoms with Crippen LogP contribution in [0.4, 0.5) is 5.13 Å². The molecule has 164 valence electrons. The van der Waals surface area contributed by atoms with E-state index < -0.39 is 0 Å². The first-order valence-corrected chi connectivity index (χ1v) is 11.8. The molecule has 0 saturated carbocycles. The van der Waals surface area contributed by atoms with Crippen molar-refractivity contribution in [3.63, 3.8) is 0 Å². The highest BCUT2D eigenvalue weighted by Crippen LogP contribution is 2.28. The van der Waals surface area contributed by atoms with E-state index in [1.165, 1.54) is 23.1 Å². The lowest BCUT2D eigenvalue weighted by Crippen LogP contribution is -2.15. The average Bonchev–Trinajstić information content (AvgIpc) is 3.35. The molecule has 0 fully saturated rings. The number of ether oxygens (including phenoxy) is 1. The van der Waals surface area contributed by atoms with E-state index in [1.807, 2.05) is 37.5 Å². The van der Waals surface area contributed by atoms with Gasteiger partial charge in [-0.15, -0.1) is 27.0 Å². The molecule has 1 atom stereocenters. The maximum atomic E-state index is 12.3. The Morgan fingerprint density at radius 1 is 1.39 bits per heavy atom. The molecule has 0 radical (unpaired) electrons. The van der Waals surface area contributed by atoms with Gasteiger partial charge < -0.3 is 4.74 Å². The summed E-state index contributed by atoms with van der Waals surface area (Å²) in [6.45, 7) is 10.1. The molecule has 1 unspecified atom stereocenters. The molecule has 0 spiro atoms. The largest absolute Gasteiger partial charge is 0.482 e. The molecular weight excluding hydrogens is 456 g/mol. The van der Waals surface area contributed by atoms with Gasteiger partial charge in [0.15, 0.2) is 17.1 Å². The summed E-state index contributed by atoms with van der Waals surface area (Å²) >= 11 is 8.68. The van der Waals surface area contributed by atoms with Crippen molar-refractivity contribution < 1.29 is 9.53 Å². The molecule has 0 aliphatic heterocycles. The number of rotatable bonds is 10. The summed E-state index contributed by atoms with van der Waals surface area (Å²) in [5, 5.41) is 21.9. The van der Waals surface area contributed by atoms with Gasteiger partial charge in [-0.2, -0.15) is 0 Å². The van der Waals surface area contributed by atoms with Crippen LogP contribution in [0.15, 0.2) is 36.0 Å². The smallest absolute Gasteiger partial charge is 0.236 e. The third kappa shape index (κ3) is 6.05. The quantitative estimate of drug-likeness (QED) is 0.333. The lowest BCUT2D eigenvalue weighted by Gasteiger charge is -2.17. The van der Waals surface area contributed by atoms with E-state index in [1.54, 1.807) is 12.1 Å². The fraction of sp³-hybridized carbons (Fsp3) is 0.350. The first-order chi connectivity index (χ1) is 14.9.